The molecule has 1 unspecified atom stereocenters. The van der Waals surface area contributed by atoms with E-state index in [1.165, 1.54) is 0 Å². The average molecular weight is 269 g/mol. The number of nitrogens with one attached hydrogen (secondary N) is 2. The molecule has 1 aromatic carbocycles. The smallest absolute Gasteiger partial charge is 0.124 e. The maximum atomic E-state index is 5.37. The second kappa shape index (κ2) is 5.51. The molecule has 0 aliphatic rings. The van der Waals surface area contributed by atoms with E-state index in [2.05, 4.69) is 35.2 Å². The van der Waals surface area contributed by atoms with Crippen LogP contribution in [0.15, 0.2) is 47.1 Å². The highest BCUT2D eigenvalue weighted by Gasteiger charge is 2.19. The molecule has 3 aromatic rings. The predicted octanol–water partition coefficient (Wildman–Crippen LogP) is 3.64. The lowest BCUT2D eigenvalue weighted by Crippen LogP contribution is -2.26. The van der Waals surface area contributed by atoms with E-state index < -0.39 is 0 Å². The summed E-state index contributed by atoms with van der Waals surface area (Å²) in [4.78, 5) is 8.09. The van der Waals surface area contributed by atoms with E-state index in [1.54, 1.807) is 6.26 Å². The molecule has 0 saturated carbocycles. The minimum Gasteiger partial charge on any atom is -0.468 e. The van der Waals surface area contributed by atoms with E-state index in [0.29, 0.717) is 12.5 Å². The Hall–Kier alpha value is -2.07. The molecule has 0 fully saturated rings. The van der Waals surface area contributed by atoms with Crippen LogP contribution in [-0.2, 0) is 6.54 Å². The minimum absolute atomic E-state index is 0.174. The third-order valence-corrected chi connectivity index (χ3v) is 3.45. The fraction of sp³-hybridized carbons (Fsp3) is 0.312. The monoisotopic (exact) mass is 269 g/mol. The molecule has 2 aromatic heterocycles. The van der Waals surface area contributed by atoms with E-state index in [1.807, 2.05) is 30.3 Å². The number of aromatic amines is 1. The first-order valence-corrected chi connectivity index (χ1v) is 6.94. The number of imidazole rings is 1. The molecule has 0 amide bonds. The molecule has 4 nitrogen and oxygen atoms in total. The highest BCUT2D eigenvalue weighted by molar-refractivity contribution is 5.74. The van der Waals surface area contributed by atoms with Crippen LogP contribution in [0.3, 0.4) is 0 Å². The Labute approximate surface area is 118 Å². The SMILES string of the molecule is CC(C)C(NCc1ccco1)c1nc2ccccc2[nH]1. The Kier molecular flexibility index (Phi) is 3.56. The summed E-state index contributed by atoms with van der Waals surface area (Å²) in [6.45, 7) is 5.08. The second-order valence-corrected chi connectivity index (χ2v) is 5.32. The molecule has 2 heterocycles. The first-order valence-electron chi connectivity index (χ1n) is 6.94. The van der Waals surface area contributed by atoms with Gasteiger partial charge in [-0.2, -0.15) is 0 Å². The molecule has 3 rings (SSSR count). The molecule has 0 aliphatic heterocycles. The van der Waals surface area contributed by atoms with Crippen LogP contribution in [0.5, 0.6) is 0 Å². The maximum absolute atomic E-state index is 5.37. The zero-order valence-corrected chi connectivity index (χ0v) is 11.8. The van der Waals surface area contributed by atoms with Crippen LogP contribution < -0.4 is 5.32 Å². The van der Waals surface area contributed by atoms with Crippen molar-refractivity contribution in [1.82, 2.24) is 15.3 Å². The van der Waals surface area contributed by atoms with Crippen LogP contribution in [0.25, 0.3) is 11.0 Å². The highest BCUT2D eigenvalue weighted by atomic mass is 16.3. The lowest BCUT2D eigenvalue weighted by atomic mass is 10.0. The van der Waals surface area contributed by atoms with Gasteiger partial charge in [0.15, 0.2) is 0 Å². The molecule has 0 spiro atoms. The van der Waals surface area contributed by atoms with Crippen molar-refractivity contribution in [1.29, 1.82) is 0 Å². The summed E-state index contributed by atoms with van der Waals surface area (Å²) < 4.78 is 5.37. The Balaban J connectivity index is 1.82. The van der Waals surface area contributed by atoms with Gasteiger partial charge in [0.25, 0.3) is 0 Å². The number of nitrogens with zero attached hydrogens (tertiary/aromatic N) is 1. The highest BCUT2D eigenvalue weighted by Crippen LogP contribution is 2.22. The molecule has 4 heteroatoms. The second-order valence-electron chi connectivity index (χ2n) is 5.32. The van der Waals surface area contributed by atoms with Gasteiger partial charge in [-0.15, -0.1) is 0 Å². The maximum Gasteiger partial charge on any atom is 0.124 e. The number of furan rings is 1. The molecular formula is C16H19N3O. The Morgan fingerprint density at radius 2 is 2.05 bits per heavy atom. The first-order chi connectivity index (χ1) is 9.74. The van der Waals surface area contributed by atoms with Crippen molar-refractivity contribution in [3.8, 4) is 0 Å². The molecule has 1 atom stereocenters. The molecule has 104 valence electrons. The van der Waals surface area contributed by atoms with Crippen LogP contribution >= 0.6 is 0 Å². The Morgan fingerprint density at radius 1 is 1.20 bits per heavy atom. The van der Waals surface area contributed by atoms with Crippen molar-refractivity contribution in [3.05, 3.63) is 54.2 Å². The number of hydrogen-bond donors (Lipinski definition) is 2. The standard InChI is InChI=1S/C16H19N3O/c1-11(2)15(17-10-12-6-5-9-20-12)16-18-13-7-3-4-8-14(13)19-16/h3-9,11,15,17H,10H2,1-2H3,(H,18,19). The van der Waals surface area contributed by atoms with Gasteiger partial charge < -0.3 is 14.7 Å². The normalized spacial score (nSPS) is 13.2. The van der Waals surface area contributed by atoms with Gasteiger partial charge in [0, 0.05) is 0 Å². The van der Waals surface area contributed by atoms with Crippen LogP contribution in [-0.4, -0.2) is 9.97 Å². The van der Waals surface area contributed by atoms with Crippen LogP contribution in [0.4, 0.5) is 0 Å². The third-order valence-electron chi connectivity index (χ3n) is 3.45. The zero-order valence-electron chi connectivity index (χ0n) is 11.8. The van der Waals surface area contributed by atoms with Gasteiger partial charge in [0.2, 0.25) is 0 Å². The van der Waals surface area contributed by atoms with Crippen molar-refractivity contribution in [2.24, 2.45) is 5.92 Å². The summed E-state index contributed by atoms with van der Waals surface area (Å²) >= 11 is 0. The molecule has 20 heavy (non-hydrogen) atoms. The molecule has 0 saturated heterocycles. The number of rotatable bonds is 5. The van der Waals surface area contributed by atoms with E-state index in [4.69, 9.17) is 4.42 Å². The quantitative estimate of drug-likeness (QED) is 0.743. The number of H-pyrrole nitrogens is 1. The number of benzene rings is 1. The van der Waals surface area contributed by atoms with Gasteiger partial charge in [-0.1, -0.05) is 26.0 Å². The molecule has 2 N–H and O–H groups in total. The topological polar surface area (TPSA) is 53.9 Å². The van der Waals surface area contributed by atoms with Gasteiger partial charge >= 0.3 is 0 Å². The van der Waals surface area contributed by atoms with E-state index in [0.717, 1.165) is 22.6 Å². The summed E-state index contributed by atoms with van der Waals surface area (Å²) in [6.07, 6.45) is 1.70. The lowest BCUT2D eigenvalue weighted by molar-refractivity contribution is 0.373. The van der Waals surface area contributed by atoms with Gasteiger partial charge in [-0.05, 0) is 30.2 Å². The van der Waals surface area contributed by atoms with E-state index in [9.17, 15) is 0 Å². The van der Waals surface area contributed by atoms with Gasteiger partial charge in [-0.3, -0.25) is 0 Å². The Morgan fingerprint density at radius 3 is 2.75 bits per heavy atom. The minimum atomic E-state index is 0.174. The number of fused-ring (bicyclic) bond motifs is 1. The third kappa shape index (κ3) is 2.60. The zero-order chi connectivity index (χ0) is 13.9. The predicted molar refractivity (Wildman–Crippen MR) is 79.2 cm³/mol. The van der Waals surface area contributed by atoms with Crippen LogP contribution in [0.1, 0.15) is 31.5 Å². The number of aromatic nitrogens is 2. The van der Waals surface area contributed by atoms with Crippen LogP contribution in [0, 0.1) is 5.92 Å². The number of para-hydroxylation sites is 2. The van der Waals surface area contributed by atoms with Crippen LogP contribution in [0.2, 0.25) is 0 Å². The molecule has 0 radical (unpaired) electrons. The van der Waals surface area contributed by atoms with Crippen molar-refractivity contribution in [3.63, 3.8) is 0 Å². The largest absolute Gasteiger partial charge is 0.468 e. The first kappa shape index (κ1) is 12.9. The summed E-state index contributed by atoms with van der Waals surface area (Å²) in [5, 5.41) is 3.51. The van der Waals surface area contributed by atoms with Crippen molar-refractivity contribution >= 4 is 11.0 Å². The molecular weight excluding hydrogens is 250 g/mol. The average Bonchev–Trinajstić information content (AvgIpc) is 3.06. The summed E-state index contributed by atoms with van der Waals surface area (Å²) in [7, 11) is 0. The lowest BCUT2D eigenvalue weighted by Gasteiger charge is -2.19. The van der Waals surface area contributed by atoms with Gasteiger partial charge in [-0.25, -0.2) is 4.98 Å². The van der Waals surface area contributed by atoms with Crippen molar-refractivity contribution in [2.45, 2.75) is 26.4 Å². The number of hydrogen-bond acceptors (Lipinski definition) is 3. The Bertz CT molecular complexity index is 637. The van der Waals surface area contributed by atoms with E-state index in [-0.39, 0.29) is 6.04 Å². The fourth-order valence-corrected chi connectivity index (χ4v) is 2.39. The van der Waals surface area contributed by atoms with Crippen molar-refractivity contribution in [2.75, 3.05) is 0 Å². The fourth-order valence-electron chi connectivity index (χ4n) is 2.39. The van der Waals surface area contributed by atoms with Gasteiger partial charge in [0.1, 0.15) is 11.6 Å². The molecule has 0 bridgehead atoms. The summed E-state index contributed by atoms with van der Waals surface area (Å²) in [6, 6.07) is 12.2. The van der Waals surface area contributed by atoms with Gasteiger partial charge in [0.05, 0.1) is 29.9 Å². The summed E-state index contributed by atoms with van der Waals surface area (Å²) in [5.41, 5.74) is 2.08. The van der Waals surface area contributed by atoms with Crippen molar-refractivity contribution < 1.29 is 4.42 Å². The molecule has 0 aliphatic carbocycles. The summed E-state index contributed by atoms with van der Waals surface area (Å²) in [5.74, 6) is 2.35. The van der Waals surface area contributed by atoms with E-state index >= 15 is 0 Å².